The van der Waals surface area contributed by atoms with E-state index in [-0.39, 0.29) is 18.8 Å². The second-order valence-corrected chi connectivity index (χ2v) is 15.0. The number of anilines is 1. The van der Waals surface area contributed by atoms with Crippen LogP contribution in [0.3, 0.4) is 0 Å². The molecule has 1 aliphatic rings. The lowest BCUT2D eigenvalue weighted by Gasteiger charge is -2.37. The third-order valence-electron chi connectivity index (χ3n) is 11.5. The Hall–Kier alpha value is -7.25. The van der Waals surface area contributed by atoms with Crippen LogP contribution in [0.2, 0.25) is 0 Å². The van der Waals surface area contributed by atoms with E-state index >= 15 is 0 Å². The number of rotatable bonds is 11. The summed E-state index contributed by atoms with van der Waals surface area (Å²) in [5.74, 6) is 2.26. The monoisotopic (exact) mass is 807 g/mol. The quantitative estimate of drug-likeness (QED) is 0.0956. The van der Waals surface area contributed by atoms with Gasteiger partial charge in [-0.15, -0.1) is 0 Å². The highest BCUT2D eigenvalue weighted by atomic mass is 16.6. The average molecular weight is 808 g/mol. The van der Waals surface area contributed by atoms with Crippen molar-refractivity contribution in [3.05, 3.63) is 169 Å². The maximum atomic E-state index is 11.8. The van der Waals surface area contributed by atoms with E-state index in [0.29, 0.717) is 17.0 Å². The zero-order valence-electron chi connectivity index (χ0n) is 33.4. The van der Waals surface area contributed by atoms with Crippen LogP contribution in [0.1, 0.15) is 29.3 Å². The Kier molecular flexibility index (Phi) is 9.80. The highest BCUT2D eigenvalue weighted by Crippen LogP contribution is 2.44. The van der Waals surface area contributed by atoms with Gasteiger partial charge >= 0.3 is 0 Å². The van der Waals surface area contributed by atoms with Crippen molar-refractivity contribution in [3.8, 4) is 34.1 Å². The second-order valence-electron chi connectivity index (χ2n) is 15.0. The number of ether oxygens (including phenoxy) is 4. The average Bonchev–Trinajstić information content (AvgIpc) is 3.90. The summed E-state index contributed by atoms with van der Waals surface area (Å²) >= 11 is 0. The maximum absolute atomic E-state index is 11.8. The summed E-state index contributed by atoms with van der Waals surface area (Å²) in [7, 11) is 3.28. The van der Waals surface area contributed by atoms with Gasteiger partial charge in [0.05, 0.1) is 43.7 Å². The number of hydrogen-bond donors (Lipinski definition) is 2. The number of nitrogen functional groups attached to an aromatic ring is 1. The van der Waals surface area contributed by atoms with Gasteiger partial charge in [-0.1, -0.05) is 103 Å². The summed E-state index contributed by atoms with van der Waals surface area (Å²) in [4.78, 5) is 23.5. The molecule has 5 heterocycles. The Balaban J connectivity index is 0.989. The Bertz CT molecular complexity index is 2950. The van der Waals surface area contributed by atoms with Crippen LogP contribution in [0.25, 0.3) is 55.6 Å². The van der Waals surface area contributed by atoms with E-state index in [0.717, 1.165) is 66.8 Å². The number of fused-ring (bicyclic) bond motifs is 4. The minimum absolute atomic E-state index is 0.0436. The molecule has 0 saturated carbocycles. The van der Waals surface area contributed by atoms with E-state index < -0.39 is 24.0 Å². The molecule has 4 aromatic heterocycles. The number of imidazole rings is 1. The number of aliphatic hydroxyl groups is 1. The molecule has 0 bridgehead atoms. The molecule has 3 N–H and O–H groups in total. The molecule has 12 nitrogen and oxygen atoms in total. The van der Waals surface area contributed by atoms with Gasteiger partial charge in [0.2, 0.25) is 0 Å². The first-order valence-corrected chi connectivity index (χ1v) is 20.0. The summed E-state index contributed by atoms with van der Waals surface area (Å²) in [6, 6.07) is 45.9. The van der Waals surface area contributed by atoms with Crippen LogP contribution in [0, 0.1) is 0 Å². The van der Waals surface area contributed by atoms with Gasteiger partial charge in [-0.25, -0.2) is 19.9 Å². The predicted octanol–water partition coefficient (Wildman–Crippen LogP) is 8.51. The number of nitrogens with two attached hydrogens (primary N) is 1. The summed E-state index contributed by atoms with van der Waals surface area (Å²) in [6.07, 6.45) is 1.19. The van der Waals surface area contributed by atoms with E-state index in [1.54, 1.807) is 20.4 Å². The van der Waals surface area contributed by atoms with Gasteiger partial charge in [0.15, 0.2) is 17.0 Å². The fourth-order valence-electron chi connectivity index (χ4n) is 8.38. The van der Waals surface area contributed by atoms with Crippen molar-refractivity contribution in [3.63, 3.8) is 0 Å². The molecule has 0 aliphatic carbocycles. The van der Waals surface area contributed by atoms with Crippen molar-refractivity contribution in [2.45, 2.75) is 30.5 Å². The molecular weight excluding hydrogens is 767 g/mol. The minimum Gasteiger partial charge on any atom is -0.497 e. The molecule has 1 saturated heterocycles. The lowest BCUT2D eigenvalue weighted by molar-refractivity contribution is -0.0928. The lowest BCUT2D eigenvalue weighted by atomic mass is 9.80. The van der Waals surface area contributed by atoms with E-state index in [9.17, 15) is 5.11 Å². The van der Waals surface area contributed by atoms with Crippen LogP contribution in [0.15, 0.2) is 152 Å². The van der Waals surface area contributed by atoms with Crippen molar-refractivity contribution < 1.29 is 24.1 Å². The SMILES string of the molecule is COc1ccc(C(OC[C@H]2O[C@@H](n3c(-c4ccc(-c5ccc6ccc7cccnc7c6n5)cc4)nc4c(N)ncnc43)C[C@@H]2O)(c2ccccc2)c2ccc(OC)cc2)cc1. The van der Waals surface area contributed by atoms with Crippen molar-refractivity contribution >= 4 is 38.8 Å². The van der Waals surface area contributed by atoms with Crippen LogP contribution in [0.5, 0.6) is 11.5 Å². The zero-order chi connectivity index (χ0) is 41.5. The molecule has 1 fully saturated rings. The fraction of sp³-hybridized carbons (Fsp3) is 0.163. The lowest BCUT2D eigenvalue weighted by Crippen LogP contribution is -2.38. The highest BCUT2D eigenvalue weighted by molar-refractivity contribution is 6.03. The van der Waals surface area contributed by atoms with Crippen molar-refractivity contribution in [2.75, 3.05) is 26.6 Å². The Morgan fingerprint density at radius 1 is 0.672 bits per heavy atom. The topological polar surface area (TPSA) is 153 Å². The first kappa shape index (κ1) is 38.0. The van der Waals surface area contributed by atoms with E-state index in [1.807, 2.05) is 126 Å². The van der Waals surface area contributed by atoms with Crippen molar-refractivity contribution in [1.29, 1.82) is 0 Å². The molecule has 302 valence electrons. The third-order valence-corrected chi connectivity index (χ3v) is 11.5. The normalized spacial score (nSPS) is 16.7. The molecule has 0 radical (unpaired) electrons. The number of aliphatic hydroxyl groups excluding tert-OH is 1. The van der Waals surface area contributed by atoms with Crippen LogP contribution < -0.4 is 15.2 Å². The highest BCUT2D eigenvalue weighted by Gasteiger charge is 2.43. The summed E-state index contributed by atoms with van der Waals surface area (Å²) in [5, 5.41) is 13.8. The molecule has 61 heavy (non-hydrogen) atoms. The van der Waals surface area contributed by atoms with Crippen LogP contribution in [-0.2, 0) is 15.1 Å². The smallest absolute Gasteiger partial charge is 0.168 e. The van der Waals surface area contributed by atoms with Crippen LogP contribution in [0.4, 0.5) is 5.82 Å². The predicted molar refractivity (Wildman–Crippen MR) is 234 cm³/mol. The molecule has 0 spiro atoms. The zero-order valence-corrected chi connectivity index (χ0v) is 33.4. The summed E-state index contributed by atoms with van der Waals surface area (Å²) < 4.78 is 26.8. The number of pyridine rings is 2. The van der Waals surface area contributed by atoms with E-state index in [4.69, 9.17) is 34.6 Å². The van der Waals surface area contributed by atoms with Gasteiger partial charge in [0, 0.05) is 34.5 Å². The Labute approximate surface area is 351 Å². The molecule has 0 unspecified atom stereocenters. The number of hydrogen-bond acceptors (Lipinski definition) is 11. The molecule has 1 aliphatic heterocycles. The molecule has 9 aromatic rings. The maximum Gasteiger partial charge on any atom is 0.168 e. The van der Waals surface area contributed by atoms with Gasteiger partial charge in [-0.2, -0.15) is 0 Å². The molecule has 10 rings (SSSR count). The first-order valence-electron chi connectivity index (χ1n) is 20.0. The van der Waals surface area contributed by atoms with Gasteiger partial charge in [-0.3, -0.25) is 9.55 Å². The molecular formula is C49H41N7O5. The summed E-state index contributed by atoms with van der Waals surface area (Å²) in [5.41, 5.74) is 13.1. The Morgan fingerprint density at radius 2 is 1.31 bits per heavy atom. The molecule has 0 amide bonds. The molecule has 5 aromatic carbocycles. The van der Waals surface area contributed by atoms with Gasteiger partial charge < -0.3 is 29.8 Å². The van der Waals surface area contributed by atoms with Crippen LogP contribution in [-0.4, -0.2) is 67.6 Å². The third kappa shape index (κ3) is 6.76. The first-order chi connectivity index (χ1) is 29.9. The van der Waals surface area contributed by atoms with Crippen molar-refractivity contribution in [1.82, 2.24) is 29.5 Å². The number of nitrogens with zero attached hydrogens (tertiary/aromatic N) is 6. The molecule has 12 heteroatoms. The Morgan fingerprint density at radius 3 is 2.00 bits per heavy atom. The standard InChI is InChI=1S/C49H41N7O5/c1-58-37-21-17-35(18-22-37)49(34-8-4-3-5-9-34,36-19-23-38(59-2)24-20-36)60-28-41-40(57)27-42(61-41)56-47(55-45-46(50)52-29-53-48(45)56)33-14-10-30(11-15-33)39-25-16-32-13-12-31-7-6-26-51-43(31)44(32)54-39/h3-26,29,40-42,57H,27-28H2,1-2H3,(H2,50,52,53)/t40-,41+,42+/m0/s1. The van der Waals surface area contributed by atoms with Gasteiger partial charge in [0.25, 0.3) is 0 Å². The minimum atomic E-state index is -1.10. The largest absolute Gasteiger partial charge is 0.497 e. The number of benzene rings is 5. The number of methoxy groups -OCH3 is 2. The molecule has 3 atom stereocenters. The van der Waals surface area contributed by atoms with Gasteiger partial charge in [-0.05, 0) is 53.1 Å². The van der Waals surface area contributed by atoms with E-state index in [2.05, 4.69) is 33.2 Å². The van der Waals surface area contributed by atoms with E-state index in [1.165, 1.54) is 6.33 Å². The fourth-order valence-corrected chi connectivity index (χ4v) is 8.38. The summed E-state index contributed by atoms with van der Waals surface area (Å²) in [6.45, 7) is 0.0436. The second kappa shape index (κ2) is 15.7. The number of aromatic nitrogens is 6. The van der Waals surface area contributed by atoms with Crippen molar-refractivity contribution in [2.24, 2.45) is 0 Å². The van der Waals surface area contributed by atoms with Gasteiger partial charge in [0.1, 0.15) is 41.6 Å². The van der Waals surface area contributed by atoms with Crippen LogP contribution >= 0.6 is 0 Å².